The van der Waals surface area contributed by atoms with E-state index in [4.69, 9.17) is 4.74 Å². The van der Waals surface area contributed by atoms with Crippen LogP contribution in [0.5, 0.6) is 11.5 Å². The lowest BCUT2D eigenvalue weighted by Gasteiger charge is -2.06. The van der Waals surface area contributed by atoms with Crippen LogP contribution < -0.4 is 10.1 Å². The Labute approximate surface area is 122 Å². The summed E-state index contributed by atoms with van der Waals surface area (Å²) in [6.07, 6.45) is 1.39. The third-order valence-electron chi connectivity index (χ3n) is 2.67. The number of hydrogen-bond donors (Lipinski definition) is 2. The van der Waals surface area contributed by atoms with Crippen LogP contribution in [0.2, 0.25) is 0 Å². The zero-order chi connectivity index (χ0) is 15.1. The van der Waals surface area contributed by atoms with Crippen molar-refractivity contribution in [3.63, 3.8) is 0 Å². The number of carbonyl (C=O) groups excluding carboxylic acids is 1. The van der Waals surface area contributed by atoms with Crippen molar-refractivity contribution in [3.8, 4) is 23.3 Å². The Morgan fingerprint density at radius 1 is 1.33 bits per heavy atom. The number of nitrogens with one attached hydrogen (secondary N) is 1. The summed E-state index contributed by atoms with van der Waals surface area (Å²) in [4.78, 5) is 15.7. The lowest BCUT2D eigenvalue weighted by atomic mass is 10.2. The molecule has 0 aliphatic heterocycles. The van der Waals surface area contributed by atoms with E-state index >= 15 is 0 Å². The predicted octanol–water partition coefficient (Wildman–Crippen LogP) is 1.58. The summed E-state index contributed by atoms with van der Waals surface area (Å²) < 4.78 is 4.92. The monoisotopic (exact) mass is 282 g/mol. The fourth-order valence-electron chi connectivity index (χ4n) is 1.64. The Kier molecular flexibility index (Phi) is 4.78. The standard InChI is InChI=1S/C16H14N2O3/c1-21-13-9-11-17-14(15(13)19)16(20)18-10-5-8-12-6-3-2-4-7-12/h2-4,6-7,9,11,19H,10H2,1H3,(H,18,20). The molecular formula is C16H14N2O3. The maximum atomic E-state index is 11.9. The van der Waals surface area contributed by atoms with Crippen molar-refractivity contribution in [3.05, 3.63) is 53.9 Å². The van der Waals surface area contributed by atoms with Crippen molar-refractivity contribution in [2.45, 2.75) is 0 Å². The fraction of sp³-hybridized carbons (Fsp3) is 0.125. The highest BCUT2D eigenvalue weighted by atomic mass is 16.5. The number of hydrogen-bond acceptors (Lipinski definition) is 4. The Bertz CT molecular complexity index is 688. The van der Waals surface area contributed by atoms with Crippen molar-refractivity contribution >= 4 is 5.91 Å². The minimum Gasteiger partial charge on any atom is -0.503 e. The first-order chi connectivity index (χ1) is 10.2. The first-order valence-electron chi connectivity index (χ1n) is 6.26. The lowest BCUT2D eigenvalue weighted by Crippen LogP contribution is -2.24. The molecule has 0 spiro atoms. The van der Waals surface area contributed by atoms with Crippen LogP contribution in [-0.2, 0) is 0 Å². The quantitative estimate of drug-likeness (QED) is 0.838. The van der Waals surface area contributed by atoms with Gasteiger partial charge >= 0.3 is 0 Å². The van der Waals surface area contributed by atoms with E-state index in [1.807, 2.05) is 30.3 Å². The van der Waals surface area contributed by atoms with E-state index in [-0.39, 0.29) is 23.7 Å². The summed E-state index contributed by atoms with van der Waals surface area (Å²) in [6, 6.07) is 10.9. The largest absolute Gasteiger partial charge is 0.503 e. The fourth-order valence-corrected chi connectivity index (χ4v) is 1.64. The molecule has 0 aliphatic carbocycles. The molecule has 0 bridgehead atoms. The molecule has 0 saturated carbocycles. The molecule has 2 aromatic rings. The van der Waals surface area contributed by atoms with Crippen LogP contribution in [0.25, 0.3) is 0 Å². The van der Waals surface area contributed by atoms with Gasteiger partial charge in [0.05, 0.1) is 13.7 Å². The van der Waals surface area contributed by atoms with Crippen molar-refractivity contribution in [1.29, 1.82) is 0 Å². The normalized spacial score (nSPS) is 9.38. The van der Waals surface area contributed by atoms with Crippen LogP contribution in [-0.4, -0.2) is 29.7 Å². The van der Waals surface area contributed by atoms with E-state index in [9.17, 15) is 9.90 Å². The molecule has 0 radical (unpaired) electrons. The highest BCUT2D eigenvalue weighted by molar-refractivity contribution is 5.95. The highest BCUT2D eigenvalue weighted by Gasteiger charge is 2.15. The molecule has 106 valence electrons. The second-order valence-electron chi connectivity index (χ2n) is 4.06. The third kappa shape index (κ3) is 3.74. The number of aromatic nitrogens is 1. The van der Waals surface area contributed by atoms with Crippen LogP contribution in [0.15, 0.2) is 42.6 Å². The summed E-state index contributed by atoms with van der Waals surface area (Å²) in [7, 11) is 1.40. The molecule has 2 rings (SSSR count). The molecule has 0 atom stereocenters. The number of carbonyl (C=O) groups is 1. The molecule has 0 fully saturated rings. The number of benzene rings is 1. The zero-order valence-corrected chi connectivity index (χ0v) is 11.5. The molecule has 0 saturated heterocycles. The number of aromatic hydroxyl groups is 1. The van der Waals surface area contributed by atoms with E-state index in [2.05, 4.69) is 22.1 Å². The van der Waals surface area contributed by atoms with E-state index in [0.29, 0.717) is 0 Å². The molecule has 1 aromatic carbocycles. The number of ether oxygens (including phenoxy) is 1. The van der Waals surface area contributed by atoms with E-state index < -0.39 is 5.91 Å². The maximum Gasteiger partial charge on any atom is 0.274 e. The number of amides is 1. The van der Waals surface area contributed by atoms with Crippen molar-refractivity contribution < 1.29 is 14.6 Å². The van der Waals surface area contributed by atoms with Gasteiger partial charge in [-0.15, -0.1) is 0 Å². The summed E-state index contributed by atoms with van der Waals surface area (Å²) in [6.45, 7) is 0.159. The SMILES string of the molecule is COc1ccnc(C(=O)NCC#Cc2ccccc2)c1O. The number of pyridine rings is 1. The van der Waals surface area contributed by atoms with Gasteiger partial charge in [0.2, 0.25) is 0 Å². The number of methoxy groups -OCH3 is 1. The summed E-state index contributed by atoms with van der Waals surface area (Å²) in [5.41, 5.74) is 0.782. The lowest BCUT2D eigenvalue weighted by molar-refractivity contribution is 0.0950. The van der Waals surface area contributed by atoms with Gasteiger partial charge in [0.1, 0.15) is 0 Å². The van der Waals surface area contributed by atoms with Gasteiger partial charge in [-0.2, -0.15) is 0 Å². The minimum absolute atomic E-state index is 0.0872. The second-order valence-corrected chi connectivity index (χ2v) is 4.06. The van der Waals surface area contributed by atoms with Gasteiger partial charge < -0.3 is 15.2 Å². The number of nitrogens with zero attached hydrogens (tertiary/aromatic N) is 1. The average Bonchev–Trinajstić information content (AvgIpc) is 2.52. The highest BCUT2D eigenvalue weighted by Crippen LogP contribution is 2.27. The molecule has 21 heavy (non-hydrogen) atoms. The van der Waals surface area contributed by atoms with Crippen molar-refractivity contribution in [2.75, 3.05) is 13.7 Å². The van der Waals surface area contributed by atoms with E-state index in [0.717, 1.165) is 5.56 Å². The molecule has 5 heteroatoms. The van der Waals surface area contributed by atoms with Gasteiger partial charge in [-0.1, -0.05) is 30.0 Å². The Hall–Kier alpha value is -3.00. The van der Waals surface area contributed by atoms with Gasteiger partial charge in [-0.3, -0.25) is 4.79 Å². The topological polar surface area (TPSA) is 71.5 Å². The first-order valence-corrected chi connectivity index (χ1v) is 6.26. The molecule has 0 aliphatic rings. The van der Waals surface area contributed by atoms with Crippen LogP contribution in [0, 0.1) is 11.8 Å². The molecule has 2 N–H and O–H groups in total. The Morgan fingerprint density at radius 2 is 2.10 bits per heavy atom. The molecule has 0 unspecified atom stereocenters. The summed E-state index contributed by atoms with van der Waals surface area (Å²) in [5.74, 6) is 5.15. The zero-order valence-electron chi connectivity index (χ0n) is 11.5. The first kappa shape index (κ1) is 14.4. The van der Waals surface area contributed by atoms with Crippen molar-refractivity contribution in [2.24, 2.45) is 0 Å². The Balaban J connectivity index is 1.99. The van der Waals surface area contributed by atoms with Crippen LogP contribution in [0.4, 0.5) is 0 Å². The molecule has 1 aromatic heterocycles. The van der Waals surface area contributed by atoms with E-state index in [1.54, 1.807) is 0 Å². The third-order valence-corrected chi connectivity index (χ3v) is 2.67. The maximum absolute atomic E-state index is 11.9. The molecule has 5 nitrogen and oxygen atoms in total. The summed E-state index contributed by atoms with van der Waals surface area (Å²) >= 11 is 0. The second kappa shape index (κ2) is 6.96. The summed E-state index contributed by atoms with van der Waals surface area (Å²) in [5, 5.41) is 12.4. The Morgan fingerprint density at radius 3 is 2.81 bits per heavy atom. The van der Waals surface area contributed by atoms with Crippen molar-refractivity contribution in [1.82, 2.24) is 10.3 Å². The predicted molar refractivity (Wildman–Crippen MR) is 78.1 cm³/mol. The van der Waals surface area contributed by atoms with Gasteiger partial charge in [0, 0.05) is 17.8 Å². The van der Waals surface area contributed by atoms with Gasteiger partial charge in [-0.05, 0) is 12.1 Å². The van der Waals surface area contributed by atoms with Crippen LogP contribution in [0.3, 0.4) is 0 Å². The van der Waals surface area contributed by atoms with Gasteiger partial charge in [-0.25, -0.2) is 4.98 Å². The van der Waals surface area contributed by atoms with Crippen LogP contribution >= 0.6 is 0 Å². The molecular weight excluding hydrogens is 268 g/mol. The smallest absolute Gasteiger partial charge is 0.274 e. The molecule has 1 heterocycles. The molecule has 1 amide bonds. The van der Waals surface area contributed by atoms with Crippen LogP contribution in [0.1, 0.15) is 16.1 Å². The minimum atomic E-state index is -0.506. The number of rotatable bonds is 3. The van der Waals surface area contributed by atoms with Gasteiger partial charge in [0.15, 0.2) is 17.2 Å². The average molecular weight is 282 g/mol. The van der Waals surface area contributed by atoms with E-state index in [1.165, 1.54) is 19.4 Å². The van der Waals surface area contributed by atoms with Gasteiger partial charge in [0.25, 0.3) is 5.91 Å².